The summed E-state index contributed by atoms with van der Waals surface area (Å²) in [7, 11) is 1.29. The van der Waals surface area contributed by atoms with E-state index in [0.29, 0.717) is 16.3 Å². The maximum absolute atomic E-state index is 12.2. The highest BCUT2D eigenvalue weighted by Crippen LogP contribution is 2.25. The molecule has 0 saturated carbocycles. The topological polar surface area (TPSA) is 81.4 Å². The molecule has 0 radical (unpaired) electrons. The van der Waals surface area contributed by atoms with Gasteiger partial charge in [0.05, 0.1) is 19.6 Å². The Bertz CT molecular complexity index is 684. The summed E-state index contributed by atoms with van der Waals surface area (Å²) in [5.41, 5.74) is 0.766. The molecule has 116 valence electrons. The predicted octanol–water partition coefficient (Wildman–Crippen LogP) is 2.67. The van der Waals surface area contributed by atoms with Gasteiger partial charge in [-0.2, -0.15) is 0 Å². The van der Waals surface area contributed by atoms with Gasteiger partial charge < -0.3 is 14.6 Å². The number of halogens is 1. The Kier molecular flexibility index (Phi) is 5.16. The maximum atomic E-state index is 12.2. The fraction of sp³-hybridized carbons (Fsp3) is 0.267. The van der Waals surface area contributed by atoms with Crippen molar-refractivity contribution < 1.29 is 18.8 Å². The van der Waals surface area contributed by atoms with Crippen molar-refractivity contribution in [1.29, 1.82) is 0 Å². The molecule has 6 nitrogen and oxygen atoms in total. The monoisotopic (exact) mass is 322 g/mol. The summed E-state index contributed by atoms with van der Waals surface area (Å²) >= 11 is 6.14. The molecule has 0 unspecified atom stereocenters. The first-order chi connectivity index (χ1) is 10.5. The van der Waals surface area contributed by atoms with Crippen molar-refractivity contribution in [3.8, 4) is 0 Å². The van der Waals surface area contributed by atoms with E-state index in [1.54, 1.807) is 31.2 Å². The Morgan fingerprint density at radius 1 is 1.41 bits per heavy atom. The molecule has 0 saturated heterocycles. The SMILES string of the molecule is COC(=O)C[C@@H](NC(=O)c1cc(C)on1)c1ccccc1Cl. The Labute approximate surface area is 132 Å². The number of esters is 1. The van der Waals surface area contributed by atoms with Crippen LogP contribution in [0, 0.1) is 6.92 Å². The van der Waals surface area contributed by atoms with Crippen LogP contribution in [0.25, 0.3) is 0 Å². The Hall–Kier alpha value is -2.34. The third-order valence-corrected chi connectivity index (χ3v) is 3.39. The van der Waals surface area contributed by atoms with Crippen LogP contribution in [0.1, 0.15) is 34.3 Å². The van der Waals surface area contributed by atoms with Gasteiger partial charge >= 0.3 is 5.97 Å². The largest absolute Gasteiger partial charge is 0.469 e. The number of benzene rings is 1. The van der Waals surface area contributed by atoms with E-state index in [1.807, 2.05) is 0 Å². The number of hydrogen-bond donors (Lipinski definition) is 1. The van der Waals surface area contributed by atoms with Crippen molar-refractivity contribution in [3.05, 3.63) is 52.4 Å². The quantitative estimate of drug-likeness (QED) is 0.856. The first kappa shape index (κ1) is 16.0. The van der Waals surface area contributed by atoms with E-state index in [-0.39, 0.29) is 12.1 Å². The molecular weight excluding hydrogens is 308 g/mol. The van der Waals surface area contributed by atoms with Gasteiger partial charge in [-0.05, 0) is 18.6 Å². The van der Waals surface area contributed by atoms with E-state index in [9.17, 15) is 9.59 Å². The highest BCUT2D eigenvalue weighted by atomic mass is 35.5. The molecule has 22 heavy (non-hydrogen) atoms. The molecule has 1 atom stereocenters. The van der Waals surface area contributed by atoms with Crippen LogP contribution in [0.3, 0.4) is 0 Å². The number of rotatable bonds is 5. The summed E-state index contributed by atoms with van der Waals surface area (Å²) in [6, 6.07) is 7.86. The standard InChI is InChI=1S/C15H15ClN2O4/c1-9-7-13(18-22-9)15(20)17-12(8-14(19)21-2)10-5-3-4-6-11(10)16/h3-7,12H,8H2,1-2H3,(H,17,20)/t12-/m1/s1. The molecule has 0 spiro atoms. The van der Waals surface area contributed by atoms with Crippen LogP contribution >= 0.6 is 11.6 Å². The van der Waals surface area contributed by atoms with Gasteiger partial charge in [0.25, 0.3) is 5.91 Å². The summed E-state index contributed by atoms with van der Waals surface area (Å²) in [6.45, 7) is 1.68. The minimum Gasteiger partial charge on any atom is -0.469 e. The number of nitrogens with one attached hydrogen (secondary N) is 1. The first-order valence-corrected chi connectivity index (χ1v) is 6.94. The smallest absolute Gasteiger partial charge is 0.307 e. The molecule has 2 rings (SSSR count). The molecular formula is C15H15ClN2O4. The third kappa shape index (κ3) is 3.85. The van der Waals surface area contributed by atoms with E-state index in [4.69, 9.17) is 16.1 Å². The van der Waals surface area contributed by atoms with Gasteiger partial charge in [0.2, 0.25) is 0 Å². The van der Waals surface area contributed by atoms with Gasteiger partial charge in [0.1, 0.15) is 5.76 Å². The normalized spacial score (nSPS) is 11.8. The van der Waals surface area contributed by atoms with E-state index < -0.39 is 17.9 Å². The average molecular weight is 323 g/mol. The lowest BCUT2D eigenvalue weighted by atomic mass is 10.0. The number of aryl methyl sites for hydroxylation is 1. The summed E-state index contributed by atoms with van der Waals surface area (Å²) in [5, 5.41) is 6.82. The fourth-order valence-corrected chi connectivity index (χ4v) is 2.22. The Balaban J connectivity index is 2.23. The molecule has 0 bridgehead atoms. The lowest BCUT2D eigenvalue weighted by Gasteiger charge is -2.18. The fourth-order valence-electron chi connectivity index (χ4n) is 1.95. The first-order valence-electron chi connectivity index (χ1n) is 6.56. The number of nitrogens with zero attached hydrogens (tertiary/aromatic N) is 1. The molecule has 7 heteroatoms. The predicted molar refractivity (Wildman–Crippen MR) is 79.5 cm³/mol. The zero-order chi connectivity index (χ0) is 16.1. The van der Waals surface area contributed by atoms with E-state index >= 15 is 0 Å². The van der Waals surface area contributed by atoms with Crippen LogP contribution in [0.4, 0.5) is 0 Å². The third-order valence-electron chi connectivity index (χ3n) is 3.05. The molecule has 0 aliphatic carbocycles. The molecule has 1 heterocycles. The van der Waals surface area contributed by atoms with Gasteiger partial charge in [-0.1, -0.05) is 35.0 Å². The minimum absolute atomic E-state index is 0.0389. The van der Waals surface area contributed by atoms with E-state index in [1.165, 1.54) is 13.2 Å². The minimum atomic E-state index is -0.620. The molecule has 0 aliphatic heterocycles. The Morgan fingerprint density at radius 2 is 2.14 bits per heavy atom. The molecule has 1 aromatic heterocycles. The summed E-state index contributed by atoms with van der Waals surface area (Å²) in [4.78, 5) is 23.8. The highest BCUT2D eigenvalue weighted by Gasteiger charge is 2.23. The van der Waals surface area contributed by atoms with Crippen molar-refractivity contribution in [1.82, 2.24) is 10.5 Å². The van der Waals surface area contributed by atoms with Crippen molar-refractivity contribution in [2.45, 2.75) is 19.4 Å². The van der Waals surface area contributed by atoms with Crippen molar-refractivity contribution in [2.75, 3.05) is 7.11 Å². The summed E-state index contributed by atoms with van der Waals surface area (Å²) in [5.74, 6) is -0.389. The average Bonchev–Trinajstić information content (AvgIpc) is 2.93. The van der Waals surface area contributed by atoms with Gasteiger partial charge in [-0.15, -0.1) is 0 Å². The number of methoxy groups -OCH3 is 1. The summed E-state index contributed by atoms with van der Waals surface area (Å²) < 4.78 is 9.54. The van der Waals surface area contributed by atoms with Crippen LogP contribution in [0.2, 0.25) is 5.02 Å². The maximum Gasteiger partial charge on any atom is 0.307 e. The van der Waals surface area contributed by atoms with Gasteiger partial charge in [-0.3, -0.25) is 9.59 Å². The molecule has 1 aromatic carbocycles. The van der Waals surface area contributed by atoms with E-state index in [2.05, 4.69) is 15.2 Å². The molecule has 2 aromatic rings. The number of hydrogen-bond acceptors (Lipinski definition) is 5. The molecule has 0 aliphatic rings. The second kappa shape index (κ2) is 7.09. The van der Waals surface area contributed by atoms with Crippen LogP contribution in [-0.2, 0) is 9.53 Å². The van der Waals surface area contributed by atoms with Crippen molar-refractivity contribution >= 4 is 23.5 Å². The van der Waals surface area contributed by atoms with Crippen LogP contribution in [0.15, 0.2) is 34.9 Å². The Morgan fingerprint density at radius 3 is 2.73 bits per heavy atom. The molecule has 0 fully saturated rings. The lowest BCUT2D eigenvalue weighted by Crippen LogP contribution is -2.30. The zero-order valence-corrected chi connectivity index (χ0v) is 12.9. The number of aromatic nitrogens is 1. The lowest BCUT2D eigenvalue weighted by molar-refractivity contribution is -0.141. The van der Waals surface area contributed by atoms with Crippen molar-refractivity contribution in [2.24, 2.45) is 0 Å². The number of carbonyl (C=O) groups is 2. The number of amides is 1. The van der Waals surface area contributed by atoms with Gasteiger partial charge in [0.15, 0.2) is 5.69 Å². The number of ether oxygens (including phenoxy) is 1. The second-order valence-corrected chi connectivity index (χ2v) is 5.06. The zero-order valence-electron chi connectivity index (χ0n) is 12.1. The van der Waals surface area contributed by atoms with Crippen molar-refractivity contribution in [3.63, 3.8) is 0 Å². The van der Waals surface area contributed by atoms with Crippen LogP contribution < -0.4 is 5.32 Å². The molecule has 1 amide bonds. The second-order valence-electron chi connectivity index (χ2n) is 4.65. The van der Waals surface area contributed by atoms with Gasteiger partial charge in [0, 0.05) is 11.1 Å². The molecule has 1 N–H and O–H groups in total. The number of carbonyl (C=O) groups excluding carboxylic acids is 2. The highest BCUT2D eigenvalue weighted by molar-refractivity contribution is 6.31. The van der Waals surface area contributed by atoms with Gasteiger partial charge in [-0.25, -0.2) is 0 Å². The summed E-state index contributed by atoms with van der Waals surface area (Å²) in [6.07, 6.45) is -0.0389. The van der Waals surface area contributed by atoms with Crippen LogP contribution in [-0.4, -0.2) is 24.1 Å². The van der Waals surface area contributed by atoms with Crippen LogP contribution in [0.5, 0.6) is 0 Å². The van der Waals surface area contributed by atoms with E-state index in [0.717, 1.165) is 0 Å².